The topological polar surface area (TPSA) is 82.1 Å². The molecule has 0 saturated carbocycles. The normalized spacial score (nSPS) is 13.2. The third-order valence-electron chi connectivity index (χ3n) is 4.16. The lowest BCUT2D eigenvalue weighted by molar-refractivity contribution is -0.130. The summed E-state index contributed by atoms with van der Waals surface area (Å²) < 4.78 is 15.7. The molecule has 6 nitrogen and oxygen atoms in total. The lowest BCUT2D eigenvalue weighted by Gasteiger charge is -2.12. The fourth-order valence-electron chi connectivity index (χ4n) is 2.85. The van der Waals surface area contributed by atoms with Gasteiger partial charge in [0.1, 0.15) is 5.75 Å². The van der Waals surface area contributed by atoms with Crippen LogP contribution in [0.15, 0.2) is 48.0 Å². The van der Waals surface area contributed by atoms with Crippen molar-refractivity contribution in [2.24, 2.45) is 0 Å². The number of rotatable bonds is 6. The fraction of sp³-hybridized carbons (Fsp3) is 0.200. The molecule has 1 heterocycles. The number of ketones is 1. The number of fused-ring (bicyclic) bond motifs is 1. The van der Waals surface area contributed by atoms with E-state index in [0.717, 1.165) is 0 Å². The first-order chi connectivity index (χ1) is 12.5. The van der Waals surface area contributed by atoms with Crippen LogP contribution in [0.3, 0.4) is 0 Å². The van der Waals surface area contributed by atoms with Crippen molar-refractivity contribution in [2.75, 3.05) is 13.9 Å². The highest BCUT2D eigenvalue weighted by molar-refractivity contribution is 6.26. The zero-order valence-corrected chi connectivity index (χ0v) is 14.4. The standard InChI is InChI=1S/C20H18O6/c1-3-15(19(21)12-4-7-14(24-2)8-5-12)18(20(22)23)13-6-9-16-17(10-13)26-11-25-16/h4-10H,3,11H2,1-2H3,(H,22,23)/b18-15-. The third-order valence-corrected chi connectivity index (χ3v) is 4.16. The number of allylic oxidation sites excluding steroid dienone is 1. The summed E-state index contributed by atoms with van der Waals surface area (Å²) in [7, 11) is 1.54. The maximum absolute atomic E-state index is 12.9. The summed E-state index contributed by atoms with van der Waals surface area (Å²) in [5.74, 6) is 0.150. The maximum Gasteiger partial charge on any atom is 0.336 e. The summed E-state index contributed by atoms with van der Waals surface area (Å²) in [6, 6.07) is 11.4. The molecule has 0 bridgehead atoms. The van der Waals surface area contributed by atoms with Gasteiger partial charge in [0, 0.05) is 11.1 Å². The van der Waals surface area contributed by atoms with E-state index < -0.39 is 5.97 Å². The number of carbonyl (C=O) groups excluding carboxylic acids is 1. The highest BCUT2D eigenvalue weighted by Crippen LogP contribution is 2.36. The maximum atomic E-state index is 12.9. The first-order valence-corrected chi connectivity index (χ1v) is 8.10. The minimum absolute atomic E-state index is 0.0355. The van der Waals surface area contributed by atoms with Gasteiger partial charge in [-0.2, -0.15) is 0 Å². The number of benzene rings is 2. The van der Waals surface area contributed by atoms with E-state index in [-0.39, 0.29) is 30.1 Å². The molecule has 6 heteroatoms. The van der Waals surface area contributed by atoms with Gasteiger partial charge in [0.05, 0.1) is 12.7 Å². The first kappa shape index (κ1) is 17.5. The average molecular weight is 354 g/mol. The van der Waals surface area contributed by atoms with Crippen LogP contribution in [0.4, 0.5) is 0 Å². The smallest absolute Gasteiger partial charge is 0.336 e. The largest absolute Gasteiger partial charge is 0.497 e. The third kappa shape index (κ3) is 3.26. The molecular weight excluding hydrogens is 336 g/mol. The van der Waals surface area contributed by atoms with Crippen LogP contribution < -0.4 is 14.2 Å². The quantitative estimate of drug-likeness (QED) is 0.631. The van der Waals surface area contributed by atoms with E-state index >= 15 is 0 Å². The van der Waals surface area contributed by atoms with Crippen LogP contribution in [0.1, 0.15) is 29.3 Å². The molecule has 134 valence electrons. The van der Waals surface area contributed by atoms with Gasteiger partial charge in [-0.1, -0.05) is 13.0 Å². The van der Waals surface area contributed by atoms with Gasteiger partial charge in [-0.05, 0) is 48.4 Å². The summed E-state index contributed by atoms with van der Waals surface area (Å²) in [5, 5.41) is 9.75. The van der Waals surface area contributed by atoms with Crippen LogP contribution >= 0.6 is 0 Å². The van der Waals surface area contributed by atoms with Crippen LogP contribution in [0, 0.1) is 0 Å². The first-order valence-electron chi connectivity index (χ1n) is 8.10. The lowest BCUT2D eigenvalue weighted by atomic mass is 9.92. The van der Waals surface area contributed by atoms with Crippen LogP contribution in [0.5, 0.6) is 17.2 Å². The average Bonchev–Trinajstić information content (AvgIpc) is 3.13. The van der Waals surface area contributed by atoms with Gasteiger partial charge < -0.3 is 19.3 Å². The summed E-state index contributed by atoms with van der Waals surface area (Å²) in [5.41, 5.74) is 0.996. The second-order valence-corrected chi connectivity index (χ2v) is 5.64. The van der Waals surface area contributed by atoms with Crippen LogP contribution in [-0.4, -0.2) is 30.8 Å². The Kier molecular flexibility index (Phi) is 4.93. The Labute approximate surface area is 150 Å². The number of hydrogen-bond donors (Lipinski definition) is 1. The van der Waals surface area contributed by atoms with Crippen molar-refractivity contribution in [2.45, 2.75) is 13.3 Å². The molecule has 26 heavy (non-hydrogen) atoms. The van der Waals surface area contributed by atoms with Crippen LogP contribution in [0.25, 0.3) is 5.57 Å². The van der Waals surface area contributed by atoms with Gasteiger partial charge in [0.25, 0.3) is 0 Å². The van der Waals surface area contributed by atoms with Gasteiger partial charge in [-0.25, -0.2) is 4.79 Å². The molecule has 1 aliphatic rings. The molecule has 1 aliphatic heterocycles. The molecule has 0 unspecified atom stereocenters. The summed E-state index contributed by atoms with van der Waals surface area (Å²) in [6.07, 6.45) is 0.279. The zero-order chi connectivity index (χ0) is 18.7. The predicted molar refractivity (Wildman–Crippen MR) is 94.7 cm³/mol. The van der Waals surface area contributed by atoms with E-state index in [0.29, 0.717) is 28.4 Å². The molecule has 0 fully saturated rings. The second-order valence-electron chi connectivity index (χ2n) is 5.64. The van der Waals surface area contributed by atoms with E-state index in [1.807, 2.05) is 0 Å². The van der Waals surface area contributed by atoms with Crippen molar-refractivity contribution in [3.8, 4) is 17.2 Å². The SMILES string of the molecule is CC/C(C(=O)c1ccc(OC)cc1)=C(/C(=O)O)c1ccc2c(c1)OCO2. The summed E-state index contributed by atoms with van der Waals surface area (Å²) in [4.78, 5) is 24.8. The van der Waals surface area contributed by atoms with Gasteiger partial charge in [-0.15, -0.1) is 0 Å². The Balaban J connectivity index is 2.07. The predicted octanol–water partition coefficient (Wildman–Crippen LogP) is 3.56. The van der Waals surface area contributed by atoms with Crippen molar-refractivity contribution >= 4 is 17.3 Å². The minimum atomic E-state index is -1.16. The zero-order valence-electron chi connectivity index (χ0n) is 14.4. The fourth-order valence-corrected chi connectivity index (χ4v) is 2.85. The number of carbonyl (C=O) groups is 2. The molecule has 2 aromatic carbocycles. The molecule has 0 amide bonds. The van der Waals surface area contributed by atoms with Crippen molar-refractivity contribution in [1.29, 1.82) is 0 Å². The Morgan fingerprint density at radius 2 is 1.69 bits per heavy atom. The van der Waals surface area contributed by atoms with Crippen LogP contribution in [0.2, 0.25) is 0 Å². The number of Topliss-reactive ketones (excluding diaryl/α,β-unsaturated/α-hetero) is 1. The molecule has 2 aromatic rings. The van der Waals surface area contributed by atoms with Crippen molar-refractivity contribution in [1.82, 2.24) is 0 Å². The van der Waals surface area contributed by atoms with Crippen LogP contribution in [-0.2, 0) is 4.79 Å². The summed E-state index contributed by atoms with van der Waals surface area (Å²) >= 11 is 0. The molecule has 0 spiro atoms. The molecule has 1 N–H and O–H groups in total. The number of ether oxygens (including phenoxy) is 3. The lowest BCUT2D eigenvalue weighted by Crippen LogP contribution is -2.11. The molecule has 0 atom stereocenters. The Bertz CT molecular complexity index is 880. The van der Waals surface area contributed by atoms with Gasteiger partial charge in [-0.3, -0.25) is 4.79 Å². The van der Waals surface area contributed by atoms with Crippen molar-refractivity contribution in [3.63, 3.8) is 0 Å². The molecule has 0 aromatic heterocycles. The highest BCUT2D eigenvalue weighted by atomic mass is 16.7. The molecule has 0 aliphatic carbocycles. The minimum Gasteiger partial charge on any atom is -0.497 e. The number of methoxy groups -OCH3 is 1. The molecule has 0 radical (unpaired) electrons. The van der Waals surface area contributed by atoms with Crippen molar-refractivity contribution in [3.05, 3.63) is 59.2 Å². The number of carboxylic acids is 1. The second kappa shape index (κ2) is 7.31. The summed E-state index contributed by atoms with van der Waals surface area (Å²) in [6.45, 7) is 1.85. The molecule has 3 rings (SSSR count). The molecule has 0 saturated heterocycles. The monoisotopic (exact) mass is 354 g/mol. The van der Waals surface area contributed by atoms with Gasteiger partial charge >= 0.3 is 5.97 Å². The number of carboxylic acid groups (broad SMARTS) is 1. The van der Waals surface area contributed by atoms with E-state index in [2.05, 4.69) is 0 Å². The number of aliphatic carboxylic acids is 1. The van der Waals surface area contributed by atoms with E-state index in [1.54, 1.807) is 49.4 Å². The van der Waals surface area contributed by atoms with Crippen molar-refractivity contribution < 1.29 is 28.9 Å². The van der Waals surface area contributed by atoms with Gasteiger partial charge in [0.2, 0.25) is 6.79 Å². The number of hydrogen-bond acceptors (Lipinski definition) is 5. The Morgan fingerprint density at radius 3 is 2.31 bits per heavy atom. The highest BCUT2D eigenvalue weighted by Gasteiger charge is 2.24. The Morgan fingerprint density at radius 1 is 1.04 bits per heavy atom. The van der Waals surface area contributed by atoms with Gasteiger partial charge in [0.15, 0.2) is 17.3 Å². The van der Waals surface area contributed by atoms with E-state index in [4.69, 9.17) is 14.2 Å². The van der Waals surface area contributed by atoms with E-state index in [9.17, 15) is 14.7 Å². The molecular formula is C20H18O6. The Hall–Kier alpha value is -3.28. The van der Waals surface area contributed by atoms with E-state index in [1.165, 1.54) is 7.11 Å².